The van der Waals surface area contributed by atoms with Crippen molar-refractivity contribution in [1.82, 2.24) is 9.55 Å². The molecule has 0 fully saturated rings. The summed E-state index contributed by atoms with van der Waals surface area (Å²) in [6.45, 7) is 3.43. The molecule has 0 bridgehead atoms. The molecule has 0 saturated carbocycles. The van der Waals surface area contributed by atoms with Gasteiger partial charge in [0.1, 0.15) is 5.82 Å². The molecule has 2 nitrogen and oxygen atoms in total. The van der Waals surface area contributed by atoms with Gasteiger partial charge in [0, 0.05) is 25.4 Å². The molecule has 2 rings (SSSR count). The molecule has 1 aromatic carbocycles. The van der Waals surface area contributed by atoms with E-state index in [4.69, 9.17) is 0 Å². The van der Waals surface area contributed by atoms with Crippen LogP contribution in [0, 0.1) is 0 Å². The maximum absolute atomic E-state index is 4.59. The molecular formula is C26H42N2. The van der Waals surface area contributed by atoms with Crippen LogP contribution in [0.2, 0.25) is 0 Å². The third kappa shape index (κ3) is 10.1. The van der Waals surface area contributed by atoms with Gasteiger partial charge in [0.15, 0.2) is 0 Å². The molecule has 0 aliphatic heterocycles. The molecule has 2 heteroatoms. The van der Waals surface area contributed by atoms with Crippen LogP contribution in [-0.4, -0.2) is 9.55 Å². The van der Waals surface area contributed by atoms with Gasteiger partial charge in [-0.15, -0.1) is 0 Å². The Morgan fingerprint density at radius 2 is 1.29 bits per heavy atom. The van der Waals surface area contributed by atoms with E-state index < -0.39 is 0 Å². The van der Waals surface area contributed by atoms with Crippen molar-refractivity contribution in [2.45, 2.75) is 110 Å². The zero-order chi connectivity index (χ0) is 19.7. The lowest BCUT2D eigenvalue weighted by molar-refractivity contribution is 0.522. The molecule has 28 heavy (non-hydrogen) atoms. The van der Waals surface area contributed by atoms with Crippen LogP contribution in [0.3, 0.4) is 0 Å². The van der Waals surface area contributed by atoms with Gasteiger partial charge in [-0.3, -0.25) is 0 Å². The quantitative estimate of drug-likeness (QED) is 0.256. The summed E-state index contributed by atoms with van der Waals surface area (Å²) >= 11 is 0. The van der Waals surface area contributed by atoms with E-state index in [2.05, 4.69) is 53.0 Å². The number of aromatic nitrogens is 2. The average molecular weight is 383 g/mol. The minimum atomic E-state index is 1.08. The number of unbranched alkanes of at least 4 members (excludes halogenated alkanes) is 11. The van der Waals surface area contributed by atoms with Crippen LogP contribution in [0.1, 0.15) is 102 Å². The fraction of sp³-hybridized carbons (Fsp3) is 0.654. The van der Waals surface area contributed by atoms with Gasteiger partial charge >= 0.3 is 0 Å². The first-order valence-electron chi connectivity index (χ1n) is 11.9. The highest BCUT2D eigenvalue weighted by atomic mass is 15.1. The van der Waals surface area contributed by atoms with Crippen LogP contribution in [-0.2, 0) is 19.4 Å². The van der Waals surface area contributed by atoms with E-state index in [1.807, 2.05) is 6.20 Å². The van der Waals surface area contributed by atoms with Gasteiger partial charge in [0.05, 0.1) is 0 Å². The van der Waals surface area contributed by atoms with E-state index in [0.29, 0.717) is 0 Å². The maximum atomic E-state index is 4.59. The van der Waals surface area contributed by atoms with Gasteiger partial charge < -0.3 is 4.57 Å². The minimum absolute atomic E-state index is 1.08. The van der Waals surface area contributed by atoms with Gasteiger partial charge in [0.2, 0.25) is 0 Å². The van der Waals surface area contributed by atoms with E-state index in [-0.39, 0.29) is 0 Å². The molecule has 0 amide bonds. The summed E-state index contributed by atoms with van der Waals surface area (Å²) in [6.07, 6.45) is 24.5. The van der Waals surface area contributed by atoms with Crippen LogP contribution in [0.15, 0.2) is 42.7 Å². The lowest BCUT2D eigenvalue weighted by atomic mass is 10.1. The van der Waals surface area contributed by atoms with Crippen LogP contribution >= 0.6 is 0 Å². The van der Waals surface area contributed by atoms with Crippen molar-refractivity contribution in [3.05, 3.63) is 54.1 Å². The Bertz CT molecular complexity index is 587. The zero-order valence-electron chi connectivity index (χ0n) is 18.2. The van der Waals surface area contributed by atoms with E-state index in [1.165, 1.54) is 94.9 Å². The molecule has 0 atom stereocenters. The normalized spacial score (nSPS) is 11.2. The Kier molecular flexibility index (Phi) is 12.5. The first-order valence-corrected chi connectivity index (χ1v) is 11.9. The van der Waals surface area contributed by atoms with E-state index in [0.717, 1.165) is 19.4 Å². The number of hydrogen-bond acceptors (Lipinski definition) is 1. The summed E-state index contributed by atoms with van der Waals surface area (Å²) in [6, 6.07) is 10.8. The zero-order valence-corrected chi connectivity index (χ0v) is 18.2. The highest BCUT2D eigenvalue weighted by Crippen LogP contribution is 2.13. The first-order chi connectivity index (χ1) is 13.9. The van der Waals surface area contributed by atoms with Crippen molar-refractivity contribution in [1.29, 1.82) is 0 Å². The molecule has 0 saturated heterocycles. The monoisotopic (exact) mass is 382 g/mol. The largest absolute Gasteiger partial charge is 0.335 e. The molecule has 0 aliphatic rings. The molecule has 2 aromatic rings. The molecule has 0 N–H and O–H groups in total. The van der Waals surface area contributed by atoms with Crippen molar-refractivity contribution >= 4 is 0 Å². The van der Waals surface area contributed by atoms with Crippen molar-refractivity contribution in [3.8, 4) is 0 Å². The summed E-state index contributed by atoms with van der Waals surface area (Å²) in [4.78, 5) is 4.59. The smallest absolute Gasteiger partial charge is 0.108 e. The second-order valence-electron chi connectivity index (χ2n) is 8.27. The van der Waals surface area contributed by atoms with E-state index >= 15 is 0 Å². The number of benzene rings is 1. The lowest BCUT2D eigenvalue weighted by Gasteiger charge is -2.08. The summed E-state index contributed by atoms with van der Waals surface area (Å²) in [5.41, 5.74) is 1.43. The van der Waals surface area contributed by atoms with E-state index in [9.17, 15) is 0 Å². The van der Waals surface area contributed by atoms with Gasteiger partial charge in [0.25, 0.3) is 0 Å². The van der Waals surface area contributed by atoms with Gasteiger partial charge in [-0.25, -0.2) is 4.98 Å². The molecular weight excluding hydrogens is 340 g/mol. The molecule has 156 valence electrons. The highest BCUT2D eigenvalue weighted by Gasteiger charge is 2.03. The molecule has 1 heterocycles. The number of aryl methyl sites for hydroxylation is 3. The summed E-state index contributed by atoms with van der Waals surface area (Å²) in [5, 5.41) is 0. The van der Waals surface area contributed by atoms with Crippen molar-refractivity contribution in [2.24, 2.45) is 0 Å². The lowest BCUT2D eigenvalue weighted by Crippen LogP contribution is -2.04. The third-order valence-corrected chi connectivity index (χ3v) is 5.76. The van der Waals surface area contributed by atoms with Gasteiger partial charge in [-0.2, -0.15) is 0 Å². The molecule has 0 unspecified atom stereocenters. The SMILES string of the molecule is CCCCCCCCCCCCCCn1ccnc1CCCc1ccccc1. The predicted octanol–water partition coefficient (Wildman–Crippen LogP) is 7.76. The second-order valence-corrected chi connectivity index (χ2v) is 8.27. The summed E-state index contributed by atoms with van der Waals surface area (Å²) < 4.78 is 2.38. The predicted molar refractivity (Wildman–Crippen MR) is 122 cm³/mol. The van der Waals surface area contributed by atoms with Crippen molar-refractivity contribution in [3.63, 3.8) is 0 Å². The van der Waals surface area contributed by atoms with Crippen molar-refractivity contribution < 1.29 is 0 Å². The van der Waals surface area contributed by atoms with Gasteiger partial charge in [-0.05, 0) is 24.8 Å². The Labute approximate surface area is 173 Å². The molecule has 0 aliphatic carbocycles. The standard InChI is InChI=1S/C26H42N2/c1-2-3-4-5-6-7-8-9-10-11-12-16-23-28-24-22-27-26(28)21-17-20-25-18-14-13-15-19-25/h13-15,18-19,22,24H,2-12,16-17,20-21,23H2,1H3. The fourth-order valence-electron chi connectivity index (χ4n) is 3.99. The Balaban J connectivity index is 1.46. The Morgan fingerprint density at radius 1 is 0.679 bits per heavy atom. The van der Waals surface area contributed by atoms with Crippen LogP contribution < -0.4 is 0 Å². The Morgan fingerprint density at radius 3 is 1.93 bits per heavy atom. The average Bonchev–Trinajstić information content (AvgIpc) is 3.17. The first kappa shape index (κ1) is 22.7. The molecule has 0 radical (unpaired) electrons. The number of nitrogens with zero attached hydrogens (tertiary/aromatic N) is 2. The second kappa shape index (κ2) is 15.4. The third-order valence-electron chi connectivity index (χ3n) is 5.76. The molecule has 1 aromatic heterocycles. The highest BCUT2D eigenvalue weighted by molar-refractivity contribution is 5.14. The number of rotatable bonds is 17. The van der Waals surface area contributed by atoms with Crippen LogP contribution in [0.4, 0.5) is 0 Å². The van der Waals surface area contributed by atoms with E-state index in [1.54, 1.807) is 0 Å². The maximum Gasteiger partial charge on any atom is 0.108 e. The topological polar surface area (TPSA) is 17.8 Å². The van der Waals surface area contributed by atoms with Crippen molar-refractivity contribution in [2.75, 3.05) is 0 Å². The minimum Gasteiger partial charge on any atom is -0.335 e. The van der Waals surface area contributed by atoms with Crippen LogP contribution in [0.25, 0.3) is 0 Å². The summed E-state index contributed by atoms with van der Waals surface area (Å²) in [7, 11) is 0. The Hall–Kier alpha value is -1.57. The van der Waals surface area contributed by atoms with Gasteiger partial charge in [-0.1, -0.05) is 108 Å². The number of imidazole rings is 1. The number of hydrogen-bond donors (Lipinski definition) is 0. The summed E-state index contributed by atoms with van der Waals surface area (Å²) in [5.74, 6) is 1.26. The fourth-order valence-corrected chi connectivity index (χ4v) is 3.99. The van der Waals surface area contributed by atoms with Crippen LogP contribution in [0.5, 0.6) is 0 Å². The molecule has 0 spiro atoms.